The van der Waals surface area contributed by atoms with Gasteiger partial charge in [0.2, 0.25) is 0 Å². The molecule has 2 heterocycles. The van der Waals surface area contributed by atoms with Gasteiger partial charge in [-0.3, -0.25) is 0 Å². The highest BCUT2D eigenvalue weighted by Gasteiger charge is 1.90. The molecular formula is C13H19ClN4. The normalized spacial score (nSPS) is 8.94. The van der Waals surface area contributed by atoms with Crippen LogP contribution in [0.4, 0.5) is 0 Å². The van der Waals surface area contributed by atoms with E-state index in [0.717, 1.165) is 22.9 Å². The number of hydrogen-bond acceptors (Lipinski definition) is 4. The molecule has 0 aliphatic rings. The highest BCUT2D eigenvalue weighted by Crippen LogP contribution is 1.99. The van der Waals surface area contributed by atoms with Crippen molar-refractivity contribution in [2.24, 2.45) is 0 Å². The maximum Gasteiger partial charge on any atom is 0.151 e. The average molecular weight is 267 g/mol. The Kier molecular flexibility index (Phi) is 7.05. The standard InChI is InChI=1S/C7H10N2.C5H5ClN2.CH4/c1-5-4-6(2)9-7(3)8-5;1-4-2-3-5(6)8-7-4;/h4H,1-3H3;2-3H,1H3;1H4. The third-order valence-corrected chi connectivity index (χ3v) is 2.06. The Morgan fingerprint density at radius 1 is 0.833 bits per heavy atom. The fraction of sp³-hybridized carbons (Fsp3) is 0.385. The van der Waals surface area contributed by atoms with Crippen LogP contribution in [0.3, 0.4) is 0 Å². The van der Waals surface area contributed by atoms with Gasteiger partial charge in [-0.2, -0.15) is 5.10 Å². The second-order valence-electron chi connectivity index (χ2n) is 3.70. The first-order valence-corrected chi connectivity index (χ1v) is 5.60. The molecule has 0 amide bonds. The molecule has 4 nitrogen and oxygen atoms in total. The summed E-state index contributed by atoms with van der Waals surface area (Å²) >= 11 is 5.44. The first-order valence-electron chi connectivity index (χ1n) is 5.22. The molecule has 0 saturated heterocycles. The van der Waals surface area contributed by atoms with Crippen LogP contribution in [0.5, 0.6) is 0 Å². The Balaban J connectivity index is 0.000000306. The Morgan fingerprint density at radius 2 is 1.39 bits per heavy atom. The Bertz CT molecular complexity index is 411. The molecule has 0 N–H and O–H groups in total. The van der Waals surface area contributed by atoms with E-state index in [1.807, 2.05) is 39.8 Å². The summed E-state index contributed by atoms with van der Waals surface area (Å²) in [6, 6.07) is 5.49. The Morgan fingerprint density at radius 3 is 1.72 bits per heavy atom. The van der Waals surface area contributed by atoms with E-state index in [1.54, 1.807) is 6.07 Å². The van der Waals surface area contributed by atoms with Gasteiger partial charge in [-0.1, -0.05) is 19.0 Å². The summed E-state index contributed by atoms with van der Waals surface area (Å²) < 4.78 is 0. The van der Waals surface area contributed by atoms with Crippen molar-refractivity contribution < 1.29 is 0 Å². The summed E-state index contributed by atoms with van der Waals surface area (Å²) in [5.74, 6) is 0.854. The van der Waals surface area contributed by atoms with Crippen LogP contribution in [0.1, 0.15) is 30.3 Å². The van der Waals surface area contributed by atoms with Gasteiger partial charge in [0.25, 0.3) is 0 Å². The monoisotopic (exact) mass is 266 g/mol. The van der Waals surface area contributed by atoms with E-state index in [-0.39, 0.29) is 7.43 Å². The van der Waals surface area contributed by atoms with Crippen LogP contribution in [0.25, 0.3) is 0 Å². The van der Waals surface area contributed by atoms with Gasteiger partial charge >= 0.3 is 0 Å². The average Bonchev–Trinajstić information content (AvgIpc) is 2.21. The van der Waals surface area contributed by atoms with Gasteiger partial charge in [0.15, 0.2) is 5.15 Å². The van der Waals surface area contributed by atoms with Gasteiger partial charge in [-0.25, -0.2) is 9.97 Å². The van der Waals surface area contributed by atoms with Gasteiger partial charge in [0, 0.05) is 11.4 Å². The van der Waals surface area contributed by atoms with Crippen molar-refractivity contribution in [3.8, 4) is 0 Å². The molecule has 0 aromatic carbocycles. The molecule has 0 fully saturated rings. The summed E-state index contributed by atoms with van der Waals surface area (Å²) in [5, 5.41) is 7.73. The van der Waals surface area contributed by atoms with Gasteiger partial charge in [0.1, 0.15) is 5.82 Å². The maximum absolute atomic E-state index is 5.44. The zero-order chi connectivity index (χ0) is 12.8. The van der Waals surface area contributed by atoms with E-state index in [4.69, 9.17) is 11.6 Å². The molecule has 18 heavy (non-hydrogen) atoms. The molecule has 0 bridgehead atoms. The van der Waals surface area contributed by atoms with Crippen LogP contribution >= 0.6 is 11.6 Å². The molecular weight excluding hydrogens is 248 g/mol. The molecule has 98 valence electrons. The van der Waals surface area contributed by atoms with E-state index in [1.165, 1.54) is 0 Å². The van der Waals surface area contributed by atoms with E-state index in [9.17, 15) is 0 Å². The first kappa shape index (κ1) is 16.4. The Hall–Kier alpha value is -1.55. The van der Waals surface area contributed by atoms with Crippen molar-refractivity contribution in [2.75, 3.05) is 0 Å². The first-order chi connectivity index (χ1) is 7.97. The third-order valence-electron chi connectivity index (χ3n) is 1.86. The number of rotatable bonds is 0. The number of halogens is 1. The van der Waals surface area contributed by atoms with E-state index in [2.05, 4.69) is 20.2 Å². The SMILES string of the molecule is C.Cc1cc(C)nc(C)n1.Cc1ccc(Cl)nn1. The van der Waals surface area contributed by atoms with Crippen molar-refractivity contribution in [2.45, 2.75) is 35.1 Å². The van der Waals surface area contributed by atoms with Crippen LogP contribution in [0, 0.1) is 27.7 Å². The number of nitrogens with zero attached hydrogens (tertiary/aromatic N) is 4. The van der Waals surface area contributed by atoms with Crippen molar-refractivity contribution in [1.82, 2.24) is 20.2 Å². The molecule has 5 heteroatoms. The topological polar surface area (TPSA) is 51.6 Å². The van der Waals surface area contributed by atoms with Crippen molar-refractivity contribution >= 4 is 11.6 Å². The molecule has 0 aliphatic heterocycles. The largest absolute Gasteiger partial charge is 0.239 e. The summed E-state index contributed by atoms with van der Waals surface area (Å²) in [7, 11) is 0. The minimum atomic E-state index is 0. The lowest BCUT2D eigenvalue weighted by molar-refractivity contribution is 0.976. The summed E-state index contributed by atoms with van der Waals surface area (Å²) in [6.45, 7) is 7.71. The zero-order valence-corrected chi connectivity index (χ0v) is 11.2. The number of aromatic nitrogens is 4. The summed E-state index contributed by atoms with van der Waals surface area (Å²) in [5.41, 5.74) is 2.97. The second kappa shape index (κ2) is 7.71. The van der Waals surface area contributed by atoms with Gasteiger partial charge in [-0.15, -0.1) is 5.10 Å². The van der Waals surface area contributed by atoms with Crippen LogP contribution in [-0.2, 0) is 0 Å². The molecule has 0 aliphatic carbocycles. The minimum Gasteiger partial charge on any atom is -0.239 e. The second-order valence-corrected chi connectivity index (χ2v) is 4.08. The van der Waals surface area contributed by atoms with Crippen molar-refractivity contribution in [1.29, 1.82) is 0 Å². The van der Waals surface area contributed by atoms with E-state index < -0.39 is 0 Å². The minimum absolute atomic E-state index is 0. The third kappa shape index (κ3) is 6.25. The van der Waals surface area contributed by atoms with Crippen molar-refractivity contribution in [3.05, 3.63) is 46.3 Å². The summed E-state index contributed by atoms with van der Waals surface area (Å²) in [4.78, 5) is 8.25. The molecule has 0 radical (unpaired) electrons. The fourth-order valence-corrected chi connectivity index (χ4v) is 1.39. The molecule has 2 aromatic rings. The van der Waals surface area contributed by atoms with Crippen LogP contribution < -0.4 is 0 Å². The highest BCUT2D eigenvalue weighted by molar-refractivity contribution is 6.29. The number of hydrogen-bond donors (Lipinski definition) is 0. The molecule has 0 saturated carbocycles. The smallest absolute Gasteiger partial charge is 0.151 e. The molecule has 0 unspecified atom stereocenters. The lowest BCUT2D eigenvalue weighted by Gasteiger charge is -1.95. The van der Waals surface area contributed by atoms with Crippen molar-refractivity contribution in [3.63, 3.8) is 0 Å². The van der Waals surface area contributed by atoms with Gasteiger partial charge < -0.3 is 0 Å². The molecule has 0 atom stereocenters. The van der Waals surface area contributed by atoms with Crippen LogP contribution in [0.15, 0.2) is 18.2 Å². The summed E-state index contributed by atoms with van der Waals surface area (Å²) in [6.07, 6.45) is 0. The predicted molar refractivity (Wildman–Crippen MR) is 74.8 cm³/mol. The Labute approximate surface area is 113 Å². The maximum atomic E-state index is 5.44. The zero-order valence-electron chi connectivity index (χ0n) is 10.4. The highest BCUT2D eigenvalue weighted by atomic mass is 35.5. The van der Waals surface area contributed by atoms with Gasteiger partial charge in [0.05, 0.1) is 5.69 Å². The molecule has 2 rings (SSSR count). The van der Waals surface area contributed by atoms with E-state index in [0.29, 0.717) is 5.15 Å². The molecule has 0 spiro atoms. The molecule has 2 aromatic heterocycles. The predicted octanol–water partition coefficient (Wildman–Crippen LogP) is 3.48. The lowest BCUT2D eigenvalue weighted by Crippen LogP contribution is -1.91. The fourth-order valence-electron chi connectivity index (χ4n) is 1.28. The number of aryl methyl sites for hydroxylation is 4. The lowest BCUT2D eigenvalue weighted by atomic mass is 10.3. The van der Waals surface area contributed by atoms with E-state index >= 15 is 0 Å². The van der Waals surface area contributed by atoms with Crippen LogP contribution in [-0.4, -0.2) is 20.2 Å². The quantitative estimate of drug-likeness (QED) is 0.733. The van der Waals surface area contributed by atoms with Gasteiger partial charge in [-0.05, 0) is 45.9 Å². The van der Waals surface area contributed by atoms with Crippen LogP contribution in [0.2, 0.25) is 5.15 Å².